The van der Waals surface area contributed by atoms with Gasteiger partial charge < -0.3 is 4.57 Å². The summed E-state index contributed by atoms with van der Waals surface area (Å²) in [5, 5.41) is 3.18. The second-order valence-corrected chi connectivity index (χ2v) is 3.14. The van der Waals surface area contributed by atoms with Crippen LogP contribution in [0, 0.1) is 19.3 Å². The highest BCUT2D eigenvalue weighted by molar-refractivity contribution is 5.03. The summed E-state index contributed by atoms with van der Waals surface area (Å²) in [4.78, 5) is 4.25. The molecule has 1 N–H and O–H groups in total. The SMILES string of the molecule is C#CC(C)NCc1ncc(C)n1C. The zero-order valence-corrected chi connectivity index (χ0v) is 8.33. The van der Waals surface area contributed by atoms with Gasteiger partial charge in [-0.3, -0.25) is 5.32 Å². The Bertz CT molecular complexity index is 319. The molecular formula is C10H15N3. The number of rotatable bonds is 3. The van der Waals surface area contributed by atoms with Crippen molar-refractivity contribution < 1.29 is 0 Å². The number of hydrogen-bond acceptors (Lipinski definition) is 2. The summed E-state index contributed by atoms with van der Waals surface area (Å²) in [7, 11) is 2.00. The molecule has 0 radical (unpaired) electrons. The molecule has 0 fully saturated rings. The number of hydrogen-bond donors (Lipinski definition) is 1. The van der Waals surface area contributed by atoms with E-state index in [1.165, 1.54) is 0 Å². The molecule has 0 saturated carbocycles. The van der Waals surface area contributed by atoms with Crippen molar-refractivity contribution in [2.75, 3.05) is 0 Å². The second-order valence-electron chi connectivity index (χ2n) is 3.14. The summed E-state index contributed by atoms with van der Waals surface area (Å²) in [5.41, 5.74) is 1.16. The van der Waals surface area contributed by atoms with Gasteiger partial charge in [-0.25, -0.2) is 4.98 Å². The van der Waals surface area contributed by atoms with Crippen molar-refractivity contribution in [1.82, 2.24) is 14.9 Å². The smallest absolute Gasteiger partial charge is 0.122 e. The van der Waals surface area contributed by atoms with Crippen molar-refractivity contribution in [2.24, 2.45) is 7.05 Å². The molecule has 1 rings (SSSR count). The largest absolute Gasteiger partial charge is 0.334 e. The lowest BCUT2D eigenvalue weighted by molar-refractivity contribution is 0.605. The first-order valence-electron chi connectivity index (χ1n) is 4.32. The molecule has 0 saturated heterocycles. The zero-order chi connectivity index (χ0) is 9.84. The molecule has 1 aromatic heterocycles. The Balaban J connectivity index is 2.56. The predicted octanol–water partition coefficient (Wildman–Crippen LogP) is 0.840. The topological polar surface area (TPSA) is 29.9 Å². The van der Waals surface area contributed by atoms with Gasteiger partial charge in [0.1, 0.15) is 5.82 Å². The van der Waals surface area contributed by atoms with Crippen LogP contribution in [0.3, 0.4) is 0 Å². The van der Waals surface area contributed by atoms with Gasteiger partial charge in [0.05, 0.1) is 12.6 Å². The molecule has 3 heteroatoms. The second kappa shape index (κ2) is 4.11. The summed E-state index contributed by atoms with van der Waals surface area (Å²) < 4.78 is 2.05. The Hall–Kier alpha value is -1.27. The van der Waals surface area contributed by atoms with Gasteiger partial charge in [-0.1, -0.05) is 5.92 Å². The summed E-state index contributed by atoms with van der Waals surface area (Å²) in [5.74, 6) is 3.63. The minimum absolute atomic E-state index is 0.0945. The van der Waals surface area contributed by atoms with E-state index < -0.39 is 0 Å². The molecular weight excluding hydrogens is 162 g/mol. The lowest BCUT2D eigenvalue weighted by Crippen LogP contribution is -2.25. The maximum atomic E-state index is 5.24. The van der Waals surface area contributed by atoms with E-state index in [4.69, 9.17) is 6.42 Å². The van der Waals surface area contributed by atoms with Gasteiger partial charge in [0.25, 0.3) is 0 Å². The van der Waals surface area contributed by atoms with E-state index in [1.807, 2.05) is 27.1 Å². The lowest BCUT2D eigenvalue weighted by atomic mass is 10.3. The lowest BCUT2D eigenvalue weighted by Gasteiger charge is -2.07. The molecule has 1 unspecified atom stereocenters. The molecule has 0 amide bonds. The van der Waals surface area contributed by atoms with Gasteiger partial charge in [0.2, 0.25) is 0 Å². The summed E-state index contributed by atoms with van der Waals surface area (Å²) >= 11 is 0. The van der Waals surface area contributed by atoms with E-state index in [2.05, 4.69) is 20.8 Å². The summed E-state index contributed by atoms with van der Waals surface area (Å²) in [6, 6.07) is 0.0945. The standard InChI is InChI=1S/C10H15N3/c1-5-8(2)11-7-10-12-6-9(3)13(10)4/h1,6,8,11H,7H2,2-4H3. The Morgan fingerprint density at radius 1 is 1.77 bits per heavy atom. The quantitative estimate of drug-likeness (QED) is 0.693. The molecule has 0 aliphatic heterocycles. The number of aromatic nitrogens is 2. The minimum Gasteiger partial charge on any atom is -0.334 e. The Morgan fingerprint density at radius 2 is 2.46 bits per heavy atom. The molecule has 0 aromatic carbocycles. The van der Waals surface area contributed by atoms with Gasteiger partial charge in [-0.15, -0.1) is 6.42 Å². The molecule has 1 atom stereocenters. The number of terminal acetylenes is 1. The highest BCUT2D eigenvalue weighted by Gasteiger charge is 2.03. The maximum Gasteiger partial charge on any atom is 0.122 e. The van der Waals surface area contributed by atoms with E-state index in [-0.39, 0.29) is 6.04 Å². The first-order valence-corrected chi connectivity index (χ1v) is 4.32. The van der Waals surface area contributed by atoms with Crippen molar-refractivity contribution in [3.05, 3.63) is 17.7 Å². The summed E-state index contributed by atoms with van der Waals surface area (Å²) in [6.45, 7) is 4.70. The zero-order valence-electron chi connectivity index (χ0n) is 8.33. The minimum atomic E-state index is 0.0945. The van der Waals surface area contributed by atoms with Crippen molar-refractivity contribution in [1.29, 1.82) is 0 Å². The number of nitrogens with one attached hydrogen (secondary N) is 1. The third-order valence-corrected chi connectivity index (χ3v) is 2.13. The highest BCUT2D eigenvalue weighted by atomic mass is 15.1. The van der Waals surface area contributed by atoms with Crippen LogP contribution in [-0.2, 0) is 13.6 Å². The monoisotopic (exact) mass is 177 g/mol. The first-order chi connectivity index (χ1) is 6.15. The van der Waals surface area contributed by atoms with Crippen molar-refractivity contribution >= 4 is 0 Å². The van der Waals surface area contributed by atoms with E-state index >= 15 is 0 Å². The fourth-order valence-corrected chi connectivity index (χ4v) is 1.01. The molecule has 1 aromatic rings. The van der Waals surface area contributed by atoms with E-state index in [1.54, 1.807) is 0 Å². The van der Waals surface area contributed by atoms with Crippen LogP contribution in [0.15, 0.2) is 6.20 Å². The van der Waals surface area contributed by atoms with Gasteiger partial charge in [0, 0.05) is 18.9 Å². The number of nitrogens with zero attached hydrogens (tertiary/aromatic N) is 2. The average Bonchev–Trinajstić information content (AvgIpc) is 2.44. The Labute approximate surface area is 79.2 Å². The van der Waals surface area contributed by atoms with E-state index in [0.717, 1.165) is 18.1 Å². The summed E-state index contributed by atoms with van der Waals surface area (Å²) in [6.07, 6.45) is 7.10. The number of imidazole rings is 1. The molecule has 0 aliphatic rings. The van der Waals surface area contributed by atoms with Crippen LogP contribution in [0.2, 0.25) is 0 Å². The Morgan fingerprint density at radius 3 is 2.92 bits per heavy atom. The van der Waals surface area contributed by atoms with Gasteiger partial charge in [-0.2, -0.15) is 0 Å². The van der Waals surface area contributed by atoms with E-state index in [9.17, 15) is 0 Å². The molecule has 0 aliphatic carbocycles. The van der Waals surface area contributed by atoms with Crippen molar-refractivity contribution in [2.45, 2.75) is 26.4 Å². The van der Waals surface area contributed by atoms with Gasteiger partial charge in [0.15, 0.2) is 0 Å². The van der Waals surface area contributed by atoms with Gasteiger partial charge in [-0.05, 0) is 13.8 Å². The molecule has 3 nitrogen and oxygen atoms in total. The van der Waals surface area contributed by atoms with Crippen molar-refractivity contribution in [3.8, 4) is 12.3 Å². The van der Waals surface area contributed by atoms with Crippen molar-refractivity contribution in [3.63, 3.8) is 0 Å². The Kier molecular flexibility index (Phi) is 3.10. The maximum absolute atomic E-state index is 5.24. The van der Waals surface area contributed by atoms with Gasteiger partial charge >= 0.3 is 0 Å². The normalized spacial score (nSPS) is 12.5. The van der Waals surface area contributed by atoms with E-state index in [0.29, 0.717) is 0 Å². The third-order valence-electron chi connectivity index (χ3n) is 2.13. The molecule has 0 spiro atoms. The molecule has 70 valence electrons. The molecule has 13 heavy (non-hydrogen) atoms. The van der Waals surface area contributed by atoms with Crippen LogP contribution in [0.5, 0.6) is 0 Å². The third kappa shape index (κ3) is 2.33. The fourth-order valence-electron chi connectivity index (χ4n) is 1.01. The van der Waals surface area contributed by atoms with Crippen LogP contribution in [0.25, 0.3) is 0 Å². The average molecular weight is 177 g/mol. The van der Waals surface area contributed by atoms with Crippen LogP contribution in [-0.4, -0.2) is 15.6 Å². The number of aryl methyl sites for hydroxylation is 1. The molecule has 1 heterocycles. The fraction of sp³-hybridized carbons (Fsp3) is 0.500. The van der Waals surface area contributed by atoms with Crippen LogP contribution < -0.4 is 5.32 Å². The predicted molar refractivity (Wildman–Crippen MR) is 53.1 cm³/mol. The van der Waals surface area contributed by atoms with Crippen LogP contribution in [0.1, 0.15) is 18.4 Å². The van der Waals surface area contributed by atoms with Crippen LogP contribution >= 0.6 is 0 Å². The first kappa shape index (κ1) is 9.82. The molecule has 0 bridgehead atoms. The van der Waals surface area contributed by atoms with Crippen LogP contribution in [0.4, 0.5) is 0 Å². The highest BCUT2D eigenvalue weighted by Crippen LogP contribution is 2.00.